The average molecular weight is 267 g/mol. The molecule has 1 rings (SSSR count). The normalized spacial score (nSPS) is 11.9. The Bertz CT molecular complexity index is 489. The van der Waals surface area contributed by atoms with Crippen molar-refractivity contribution >= 4 is 10.0 Å². The third-order valence-corrected chi connectivity index (χ3v) is 4.49. The van der Waals surface area contributed by atoms with Crippen LogP contribution in [0.4, 0.5) is 0 Å². The lowest BCUT2D eigenvalue weighted by Crippen LogP contribution is -2.21. The number of hydrogen-bond acceptors (Lipinski definition) is 2. The van der Waals surface area contributed by atoms with Crippen LogP contribution < -0.4 is 0 Å². The van der Waals surface area contributed by atoms with Crippen LogP contribution in [0, 0.1) is 6.92 Å². The molecule has 0 unspecified atom stereocenters. The Morgan fingerprint density at radius 3 is 2.39 bits per heavy atom. The second kappa shape index (κ2) is 6.59. The summed E-state index contributed by atoms with van der Waals surface area (Å²) in [5.74, 6) is 0. The van der Waals surface area contributed by atoms with Crippen LogP contribution in [0.1, 0.15) is 31.7 Å². The molecule has 0 aliphatic carbocycles. The van der Waals surface area contributed by atoms with Gasteiger partial charge in [-0.05, 0) is 25.5 Å². The van der Waals surface area contributed by atoms with Gasteiger partial charge in [0.15, 0.2) is 0 Å². The van der Waals surface area contributed by atoms with Crippen molar-refractivity contribution in [2.75, 3.05) is 7.05 Å². The van der Waals surface area contributed by atoms with Crippen molar-refractivity contribution in [3.05, 3.63) is 42.1 Å². The van der Waals surface area contributed by atoms with Crippen LogP contribution in [0.25, 0.3) is 0 Å². The Hall–Kier alpha value is -1.29. The maximum atomic E-state index is 12.2. The monoisotopic (exact) mass is 267 g/mol. The van der Waals surface area contributed by atoms with Crippen molar-refractivity contribution in [3.63, 3.8) is 0 Å². The van der Waals surface area contributed by atoms with Gasteiger partial charge in [0.25, 0.3) is 10.0 Å². The second-order valence-corrected chi connectivity index (χ2v) is 6.36. The van der Waals surface area contributed by atoms with E-state index in [4.69, 9.17) is 0 Å². The molecule has 18 heavy (non-hydrogen) atoms. The zero-order valence-electron chi connectivity index (χ0n) is 11.3. The maximum absolute atomic E-state index is 12.2. The Morgan fingerprint density at radius 1 is 1.22 bits per heavy atom. The SMILES string of the molecule is CCCC/C=C\N(C)S(=O)(=O)c1ccc(C)cc1. The first-order valence-electron chi connectivity index (χ1n) is 6.20. The molecule has 0 saturated carbocycles. The molecule has 0 atom stereocenters. The molecular formula is C14H21NO2S. The van der Waals surface area contributed by atoms with Gasteiger partial charge in [-0.25, -0.2) is 8.42 Å². The third-order valence-electron chi connectivity index (χ3n) is 2.74. The summed E-state index contributed by atoms with van der Waals surface area (Å²) in [6.07, 6.45) is 6.62. The van der Waals surface area contributed by atoms with Crippen molar-refractivity contribution < 1.29 is 8.42 Å². The van der Waals surface area contributed by atoms with Crippen molar-refractivity contribution in [1.29, 1.82) is 0 Å². The van der Waals surface area contributed by atoms with E-state index in [9.17, 15) is 8.42 Å². The molecule has 4 heteroatoms. The minimum Gasteiger partial charge on any atom is -0.277 e. The Kier molecular flexibility index (Phi) is 5.41. The van der Waals surface area contributed by atoms with Crippen molar-refractivity contribution in [1.82, 2.24) is 4.31 Å². The minimum atomic E-state index is -3.40. The molecule has 0 N–H and O–H groups in total. The molecule has 1 aromatic carbocycles. The lowest BCUT2D eigenvalue weighted by atomic mass is 10.2. The van der Waals surface area contributed by atoms with Crippen molar-refractivity contribution in [2.24, 2.45) is 0 Å². The molecule has 100 valence electrons. The highest BCUT2D eigenvalue weighted by Crippen LogP contribution is 2.15. The van der Waals surface area contributed by atoms with Gasteiger partial charge in [-0.2, -0.15) is 0 Å². The van der Waals surface area contributed by atoms with Crippen LogP contribution in [0.2, 0.25) is 0 Å². The molecule has 0 spiro atoms. The molecule has 3 nitrogen and oxygen atoms in total. The van der Waals surface area contributed by atoms with Crippen LogP contribution in [0.15, 0.2) is 41.4 Å². The topological polar surface area (TPSA) is 37.4 Å². The van der Waals surface area contributed by atoms with Gasteiger partial charge in [-0.1, -0.05) is 43.5 Å². The van der Waals surface area contributed by atoms with E-state index in [2.05, 4.69) is 6.92 Å². The first kappa shape index (κ1) is 14.8. The van der Waals surface area contributed by atoms with Crippen LogP contribution in [-0.4, -0.2) is 19.8 Å². The highest BCUT2D eigenvalue weighted by Gasteiger charge is 2.17. The summed E-state index contributed by atoms with van der Waals surface area (Å²) in [4.78, 5) is 0.329. The molecule has 0 aromatic heterocycles. The number of nitrogens with zero attached hydrogens (tertiary/aromatic N) is 1. The van der Waals surface area contributed by atoms with E-state index in [1.54, 1.807) is 25.4 Å². The Morgan fingerprint density at radius 2 is 1.83 bits per heavy atom. The smallest absolute Gasteiger partial charge is 0.263 e. The van der Waals surface area contributed by atoms with E-state index < -0.39 is 10.0 Å². The molecule has 0 heterocycles. The molecule has 0 aliphatic rings. The van der Waals surface area contributed by atoms with Crippen LogP contribution in [0.3, 0.4) is 0 Å². The van der Waals surface area contributed by atoms with Crippen LogP contribution in [0.5, 0.6) is 0 Å². The Balaban J connectivity index is 2.80. The number of hydrogen-bond donors (Lipinski definition) is 0. The molecule has 1 aromatic rings. The van der Waals surface area contributed by atoms with Crippen molar-refractivity contribution in [3.8, 4) is 0 Å². The first-order valence-corrected chi connectivity index (χ1v) is 7.64. The van der Waals surface area contributed by atoms with Crippen LogP contribution in [-0.2, 0) is 10.0 Å². The number of unbranched alkanes of at least 4 members (excludes halogenated alkanes) is 2. The Labute approximate surface area is 110 Å². The lowest BCUT2D eigenvalue weighted by molar-refractivity contribution is 0.538. The fraction of sp³-hybridized carbons (Fsp3) is 0.429. The molecule has 0 fully saturated rings. The fourth-order valence-electron chi connectivity index (χ4n) is 1.50. The number of rotatable bonds is 6. The number of allylic oxidation sites excluding steroid dienone is 1. The summed E-state index contributed by atoms with van der Waals surface area (Å²) >= 11 is 0. The maximum Gasteiger partial charge on any atom is 0.263 e. The van der Waals surface area contributed by atoms with E-state index >= 15 is 0 Å². The summed E-state index contributed by atoms with van der Waals surface area (Å²) < 4.78 is 25.6. The molecule has 0 saturated heterocycles. The molecule has 0 amide bonds. The van der Waals surface area contributed by atoms with Crippen LogP contribution >= 0.6 is 0 Å². The highest BCUT2D eigenvalue weighted by atomic mass is 32.2. The molecule has 0 bridgehead atoms. The van der Waals surface area contributed by atoms with Gasteiger partial charge in [0.05, 0.1) is 4.90 Å². The van der Waals surface area contributed by atoms with E-state index in [0.717, 1.165) is 24.8 Å². The minimum absolute atomic E-state index is 0.329. The second-order valence-electron chi connectivity index (χ2n) is 4.36. The van der Waals surface area contributed by atoms with Gasteiger partial charge >= 0.3 is 0 Å². The summed E-state index contributed by atoms with van der Waals surface area (Å²) in [6.45, 7) is 4.05. The fourth-order valence-corrected chi connectivity index (χ4v) is 2.56. The third kappa shape index (κ3) is 3.88. The first-order chi connectivity index (χ1) is 8.48. The van der Waals surface area contributed by atoms with Gasteiger partial charge in [0.1, 0.15) is 0 Å². The molecule has 0 aliphatic heterocycles. The van der Waals surface area contributed by atoms with Crippen molar-refractivity contribution in [2.45, 2.75) is 38.0 Å². The number of sulfonamides is 1. The summed E-state index contributed by atoms with van der Waals surface area (Å²) in [5, 5.41) is 0. The molecule has 0 radical (unpaired) electrons. The zero-order chi connectivity index (χ0) is 13.6. The van der Waals surface area contributed by atoms with Gasteiger partial charge in [0.2, 0.25) is 0 Å². The van der Waals surface area contributed by atoms with Gasteiger partial charge in [-0.3, -0.25) is 4.31 Å². The van der Waals surface area contributed by atoms with Gasteiger partial charge in [-0.15, -0.1) is 0 Å². The number of aryl methyl sites for hydroxylation is 1. The predicted octanol–water partition coefficient (Wildman–Crippen LogP) is 3.32. The zero-order valence-corrected chi connectivity index (χ0v) is 12.1. The quantitative estimate of drug-likeness (QED) is 0.741. The molecular weight excluding hydrogens is 246 g/mol. The van der Waals surface area contributed by atoms with Gasteiger partial charge < -0.3 is 0 Å². The highest BCUT2D eigenvalue weighted by molar-refractivity contribution is 7.89. The largest absolute Gasteiger partial charge is 0.277 e. The standard InChI is InChI=1S/C14H21NO2S/c1-4-5-6-7-12-15(3)18(16,17)14-10-8-13(2)9-11-14/h7-12H,4-6H2,1-3H3/b12-7-. The average Bonchev–Trinajstić information content (AvgIpc) is 2.35. The summed E-state index contributed by atoms with van der Waals surface area (Å²) in [6, 6.07) is 6.89. The van der Waals surface area contributed by atoms with E-state index in [1.165, 1.54) is 4.31 Å². The summed E-state index contributed by atoms with van der Waals surface area (Å²) in [7, 11) is -1.83. The summed E-state index contributed by atoms with van der Waals surface area (Å²) in [5.41, 5.74) is 1.05. The number of benzene rings is 1. The van der Waals surface area contributed by atoms with E-state index in [0.29, 0.717) is 4.90 Å². The lowest BCUT2D eigenvalue weighted by Gasteiger charge is -2.14. The van der Waals surface area contributed by atoms with E-state index in [1.807, 2.05) is 25.1 Å². The van der Waals surface area contributed by atoms with E-state index in [-0.39, 0.29) is 0 Å². The van der Waals surface area contributed by atoms with Gasteiger partial charge in [0, 0.05) is 13.2 Å². The predicted molar refractivity (Wildman–Crippen MR) is 74.8 cm³/mol.